The number of benzene rings is 2. The molecule has 2 aromatic rings. The van der Waals surface area contributed by atoms with Crippen molar-refractivity contribution in [2.45, 2.75) is 0 Å². The van der Waals surface area contributed by atoms with Gasteiger partial charge in [0.1, 0.15) is 0 Å². The molecule has 0 spiro atoms. The van der Waals surface area contributed by atoms with E-state index in [0.717, 1.165) is 10.8 Å². The summed E-state index contributed by atoms with van der Waals surface area (Å²) in [6.45, 7) is 0. The summed E-state index contributed by atoms with van der Waals surface area (Å²) in [6.07, 6.45) is 0. The highest BCUT2D eigenvalue weighted by Gasteiger charge is 2.01. The van der Waals surface area contributed by atoms with Crippen LogP contribution in [0.2, 0.25) is 0 Å². The van der Waals surface area contributed by atoms with E-state index in [4.69, 9.17) is 16.4 Å². The van der Waals surface area contributed by atoms with Crippen molar-refractivity contribution < 1.29 is 9.59 Å². The summed E-state index contributed by atoms with van der Waals surface area (Å²) in [5, 5.41) is 1.74. The van der Waals surface area contributed by atoms with E-state index in [-0.39, 0.29) is 5.75 Å². The lowest BCUT2D eigenvalue weighted by molar-refractivity contribution is 0.108. The van der Waals surface area contributed by atoms with Crippen LogP contribution >= 0.6 is 23.2 Å². The molecule has 0 bridgehead atoms. The van der Waals surface area contributed by atoms with Crippen molar-refractivity contribution in [2.75, 3.05) is 0 Å². The van der Waals surface area contributed by atoms with Crippen molar-refractivity contribution in [1.29, 1.82) is 0 Å². The van der Waals surface area contributed by atoms with Gasteiger partial charge in [0.2, 0.25) is 5.75 Å². The predicted molar refractivity (Wildman–Crippen MR) is 66.7 cm³/mol. The first-order valence-corrected chi connectivity index (χ1v) is 5.23. The van der Waals surface area contributed by atoms with E-state index in [1.54, 1.807) is 12.1 Å². The lowest BCUT2D eigenvalue weighted by Crippen LogP contribution is -1.87. The third-order valence-electron chi connectivity index (χ3n) is 1.98. The van der Waals surface area contributed by atoms with E-state index >= 15 is 0 Å². The minimum absolute atomic E-state index is 0.222. The van der Waals surface area contributed by atoms with Crippen molar-refractivity contribution in [3.63, 3.8) is 0 Å². The number of fused-ring (bicyclic) bond motifs is 1. The predicted octanol–water partition coefficient (Wildman–Crippen LogP) is 3.63. The molecule has 0 N–H and O–H groups in total. The van der Waals surface area contributed by atoms with E-state index in [0.29, 0.717) is 5.56 Å². The molecule has 82 valence electrons. The van der Waals surface area contributed by atoms with Crippen LogP contribution in [-0.4, -0.2) is 11.0 Å². The third kappa shape index (κ3) is 3.33. The molecule has 0 aliphatic carbocycles. The smallest absolute Gasteiger partial charge is 0.252 e. The Bertz CT molecular complexity index is 509. The molecule has 0 amide bonds. The molecular formula is C12H8Cl2O2. The standard InChI is InChI=1S/C11H7ClO.CHClO/c12-11(13)10-6-5-8-3-1-2-4-9(8)7-10;2-1-3/h1-7H;1H. The second-order valence-corrected chi connectivity index (χ2v) is 3.45. The number of halogens is 2. The summed E-state index contributed by atoms with van der Waals surface area (Å²) < 4.78 is 0. The van der Waals surface area contributed by atoms with Crippen LogP contribution in [0.15, 0.2) is 42.5 Å². The quantitative estimate of drug-likeness (QED) is 0.576. The van der Waals surface area contributed by atoms with E-state index < -0.39 is 5.24 Å². The minimum atomic E-state index is -0.411. The summed E-state index contributed by atoms with van der Waals surface area (Å²) in [6, 6.07) is 13.3. The lowest BCUT2D eigenvalue weighted by Gasteiger charge is -1.98. The molecule has 0 aromatic heterocycles. The zero-order chi connectivity index (χ0) is 12.0. The Kier molecular flexibility index (Phi) is 4.96. The number of rotatable bonds is 1. The molecule has 2 nitrogen and oxygen atoms in total. The topological polar surface area (TPSA) is 34.1 Å². The first kappa shape index (κ1) is 12.7. The highest BCUT2D eigenvalue weighted by Crippen LogP contribution is 2.16. The number of hydrogen-bond donors (Lipinski definition) is 0. The van der Waals surface area contributed by atoms with Gasteiger partial charge >= 0.3 is 0 Å². The van der Waals surface area contributed by atoms with Crippen LogP contribution in [0.4, 0.5) is 0 Å². The van der Waals surface area contributed by atoms with Crippen LogP contribution in [0.25, 0.3) is 10.8 Å². The number of carbonyl (C=O) groups is 2. The molecular weight excluding hydrogens is 247 g/mol. The Hall–Kier alpha value is -1.38. The summed E-state index contributed by atoms with van der Waals surface area (Å²) in [7, 11) is 0. The van der Waals surface area contributed by atoms with Gasteiger partial charge < -0.3 is 0 Å². The van der Waals surface area contributed by atoms with Crippen LogP contribution in [0.1, 0.15) is 10.4 Å². The molecule has 0 aliphatic heterocycles. The fourth-order valence-corrected chi connectivity index (χ4v) is 1.43. The molecule has 0 unspecified atom stereocenters. The van der Waals surface area contributed by atoms with Gasteiger partial charge in [0, 0.05) is 5.56 Å². The maximum absolute atomic E-state index is 10.9. The molecule has 0 atom stereocenters. The Balaban J connectivity index is 0.000000386. The van der Waals surface area contributed by atoms with Gasteiger partial charge in [-0.2, -0.15) is 0 Å². The largest absolute Gasteiger partial charge is 0.285 e. The Morgan fingerprint density at radius 3 is 2.19 bits per heavy atom. The maximum atomic E-state index is 10.9. The average Bonchev–Trinajstić information content (AvgIpc) is 2.29. The van der Waals surface area contributed by atoms with Crippen molar-refractivity contribution in [1.82, 2.24) is 0 Å². The zero-order valence-corrected chi connectivity index (χ0v) is 9.70. The SMILES string of the molecule is O=C(Cl)c1ccc2ccccc2c1.O=CCl. The first-order valence-electron chi connectivity index (χ1n) is 4.41. The highest BCUT2D eigenvalue weighted by atomic mass is 35.5. The lowest BCUT2D eigenvalue weighted by atomic mass is 10.1. The molecule has 0 heterocycles. The Labute approximate surface area is 103 Å². The highest BCUT2D eigenvalue weighted by molar-refractivity contribution is 6.67. The van der Waals surface area contributed by atoms with Crippen LogP contribution in [0.5, 0.6) is 0 Å². The van der Waals surface area contributed by atoms with E-state index in [1.807, 2.05) is 30.3 Å². The van der Waals surface area contributed by atoms with E-state index in [9.17, 15) is 4.79 Å². The fraction of sp³-hybridized carbons (Fsp3) is 0. The van der Waals surface area contributed by atoms with Gasteiger partial charge in [-0.1, -0.05) is 30.3 Å². The van der Waals surface area contributed by atoms with E-state index in [2.05, 4.69) is 11.6 Å². The normalized spacial score (nSPS) is 9.12. The van der Waals surface area contributed by atoms with Crippen molar-refractivity contribution in [3.05, 3.63) is 48.0 Å². The third-order valence-corrected chi connectivity index (χ3v) is 2.19. The summed E-state index contributed by atoms with van der Waals surface area (Å²) in [5.41, 5.74) is 0.542. The molecule has 2 aromatic carbocycles. The molecule has 0 radical (unpaired) electrons. The van der Waals surface area contributed by atoms with Crippen LogP contribution in [0.3, 0.4) is 0 Å². The van der Waals surface area contributed by atoms with Gasteiger partial charge in [0.15, 0.2) is 0 Å². The number of carbonyl (C=O) groups excluding carboxylic acids is 2. The van der Waals surface area contributed by atoms with Gasteiger partial charge in [0.25, 0.3) is 5.24 Å². The molecule has 0 saturated carbocycles. The minimum Gasteiger partial charge on any atom is -0.285 e. The van der Waals surface area contributed by atoms with Crippen LogP contribution in [-0.2, 0) is 4.79 Å². The monoisotopic (exact) mass is 254 g/mol. The summed E-state index contributed by atoms with van der Waals surface area (Å²) in [4.78, 5) is 19.4. The zero-order valence-electron chi connectivity index (χ0n) is 8.19. The van der Waals surface area contributed by atoms with Gasteiger partial charge in [0.05, 0.1) is 0 Å². The Morgan fingerprint density at radius 2 is 1.62 bits per heavy atom. The fourth-order valence-electron chi connectivity index (χ4n) is 1.31. The van der Waals surface area contributed by atoms with Crippen molar-refractivity contribution >= 4 is 45.0 Å². The second-order valence-electron chi connectivity index (χ2n) is 2.92. The molecule has 0 fully saturated rings. The molecule has 16 heavy (non-hydrogen) atoms. The van der Waals surface area contributed by atoms with Crippen molar-refractivity contribution in [2.24, 2.45) is 0 Å². The molecule has 2 rings (SSSR count). The average molecular weight is 255 g/mol. The molecule has 0 aliphatic rings. The Morgan fingerprint density at radius 1 is 1.06 bits per heavy atom. The van der Waals surface area contributed by atoms with Gasteiger partial charge in [-0.05, 0) is 46.1 Å². The first-order chi connectivity index (χ1) is 7.69. The molecule has 0 saturated heterocycles. The van der Waals surface area contributed by atoms with Gasteiger partial charge in [-0.3, -0.25) is 9.59 Å². The number of hydrogen-bond acceptors (Lipinski definition) is 2. The van der Waals surface area contributed by atoms with Gasteiger partial charge in [-0.15, -0.1) is 0 Å². The summed E-state index contributed by atoms with van der Waals surface area (Å²) in [5.74, 6) is 0.222. The van der Waals surface area contributed by atoms with Crippen molar-refractivity contribution in [3.8, 4) is 0 Å². The van der Waals surface area contributed by atoms with Crippen LogP contribution < -0.4 is 0 Å². The molecule has 4 heteroatoms. The maximum Gasteiger partial charge on any atom is 0.252 e. The summed E-state index contributed by atoms with van der Waals surface area (Å²) >= 11 is 9.68. The second kappa shape index (κ2) is 6.26. The van der Waals surface area contributed by atoms with Crippen LogP contribution in [0, 0.1) is 0 Å². The van der Waals surface area contributed by atoms with E-state index in [1.165, 1.54) is 0 Å². The van der Waals surface area contributed by atoms with Gasteiger partial charge in [-0.25, -0.2) is 0 Å².